The zero-order valence-electron chi connectivity index (χ0n) is 21.0. The van der Waals surface area contributed by atoms with Gasteiger partial charge in [0, 0.05) is 18.0 Å². The lowest BCUT2D eigenvalue weighted by Gasteiger charge is -2.17. The molecule has 1 atom stereocenters. The van der Waals surface area contributed by atoms with Crippen LogP contribution in [0.25, 0.3) is 5.57 Å². The van der Waals surface area contributed by atoms with E-state index in [9.17, 15) is 31.1 Å². The molecule has 7 nitrogen and oxygen atoms in total. The summed E-state index contributed by atoms with van der Waals surface area (Å²) in [4.78, 5) is 15.7. The van der Waals surface area contributed by atoms with Crippen LogP contribution in [0, 0.1) is 13.8 Å². The van der Waals surface area contributed by atoms with Gasteiger partial charge < -0.3 is 9.26 Å². The number of pyridine rings is 1. The van der Waals surface area contributed by atoms with Crippen LogP contribution in [0.1, 0.15) is 68.1 Å². The zero-order valence-corrected chi connectivity index (χ0v) is 21.0. The molecular weight excluding hydrogens is 506 g/mol. The molecule has 0 aliphatic rings. The van der Waals surface area contributed by atoms with E-state index in [-0.39, 0.29) is 11.3 Å². The van der Waals surface area contributed by atoms with Crippen molar-refractivity contribution in [2.75, 3.05) is 0 Å². The Morgan fingerprint density at radius 1 is 1.16 bits per heavy atom. The molecule has 2 rings (SSSR count). The number of nitrogens with zero attached hydrogens (tertiary/aromatic N) is 4. The lowest BCUT2D eigenvalue weighted by atomic mass is 10.1. The van der Waals surface area contributed by atoms with Crippen molar-refractivity contribution in [2.24, 2.45) is 5.10 Å². The second-order valence-electron chi connectivity index (χ2n) is 8.04. The number of allylic oxidation sites excluding steroid dienone is 1. The average molecular weight is 532 g/mol. The van der Waals surface area contributed by atoms with Gasteiger partial charge in [-0.25, -0.2) is 14.8 Å². The Kier molecular flexibility index (Phi) is 9.28. The average Bonchev–Trinajstić information content (AvgIpc) is 3.13. The molecule has 0 N–H and O–H groups in total. The van der Waals surface area contributed by atoms with Crippen molar-refractivity contribution in [1.29, 1.82) is 0 Å². The normalized spacial score (nSPS) is 14.3. The minimum absolute atomic E-state index is 0.0205. The summed E-state index contributed by atoms with van der Waals surface area (Å²) in [6.45, 7) is 9.51. The van der Waals surface area contributed by atoms with E-state index in [2.05, 4.69) is 15.2 Å². The summed E-state index contributed by atoms with van der Waals surface area (Å²) < 4.78 is 90.0. The predicted molar refractivity (Wildman–Crippen MR) is 123 cm³/mol. The fraction of sp³-hybridized carbons (Fsp3) is 0.417. The number of halogens is 6. The highest BCUT2D eigenvalue weighted by molar-refractivity contribution is 6.17. The Balaban J connectivity index is 2.68. The Hall–Kier alpha value is -3.64. The fourth-order valence-electron chi connectivity index (χ4n) is 3.07. The molecule has 2 aromatic rings. The molecule has 202 valence electrons. The predicted octanol–water partition coefficient (Wildman–Crippen LogP) is 6.67. The number of rotatable bonds is 8. The van der Waals surface area contributed by atoms with Crippen LogP contribution in [0.15, 0.2) is 40.2 Å². The monoisotopic (exact) mass is 532 g/mol. The lowest BCUT2D eigenvalue weighted by molar-refractivity contribution is -0.150. The van der Waals surface area contributed by atoms with Crippen LogP contribution in [0.5, 0.6) is 0 Å². The molecule has 13 heteroatoms. The third-order valence-corrected chi connectivity index (χ3v) is 5.06. The van der Waals surface area contributed by atoms with E-state index in [1.807, 2.05) is 6.92 Å². The van der Waals surface area contributed by atoms with Crippen molar-refractivity contribution < 1.29 is 40.4 Å². The third kappa shape index (κ3) is 7.67. The molecule has 2 heterocycles. The second kappa shape index (κ2) is 11.6. The Morgan fingerprint density at radius 2 is 1.73 bits per heavy atom. The number of ether oxygens (including phenoxy) is 1. The van der Waals surface area contributed by atoms with E-state index in [4.69, 9.17) is 9.26 Å². The van der Waals surface area contributed by atoms with Gasteiger partial charge in [0.15, 0.2) is 0 Å². The van der Waals surface area contributed by atoms with Crippen molar-refractivity contribution in [3.8, 4) is 0 Å². The third-order valence-electron chi connectivity index (χ3n) is 5.06. The molecule has 0 bridgehead atoms. The topological polar surface area (TPSA) is 80.8 Å². The highest BCUT2D eigenvalue weighted by Gasteiger charge is 2.39. The van der Waals surface area contributed by atoms with Crippen molar-refractivity contribution in [1.82, 2.24) is 15.1 Å². The van der Waals surface area contributed by atoms with Gasteiger partial charge in [-0.3, -0.25) is 0 Å². The minimum atomic E-state index is -5.12. The quantitative estimate of drug-likeness (QED) is 0.124. The van der Waals surface area contributed by atoms with Crippen LogP contribution >= 0.6 is 0 Å². The Morgan fingerprint density at radius 3 is 2.16 bits per heavy atom. The van der Waals surface area contributed by atoms with E-state index < -0.39 is 41.4 Å². The number of aromatic nitrogens is 2. The highest BCUT2D eigenvalue weighted by Crippen LogP contribution is 2.34. The first-order valence-corrected chi connectivity index (χ1v) is 11.1. The van der Waals surface area contributed by atoms with Gasteiger partial charge in [0.05, 0.1) is 28.6 Å². The van der Waals surface area contributed by atoms with Crippen LogP contribution in [-0.2, 0) is 21.9 Å². The first-order valence-electron chi connectivity index (χ1n) is 11.1. The molecular formula is C24H26F6N4O3. The molecule has 0 saturated heterocycles. The van der Waals surface area contributed by atoms with E-state index in [1.165, 1.54) is 25.4 Å². The first-order chi connectivity index (χ1) is 17.1. The summed E-state index contributed by atoms with van der Waals surface area (Å²) in [6, 6.07) is 0.941. The second-order valence-corrected chi connectivity index (χ2v) is 8.04. The summed E-state index contributed by atoms with van der Waals surface area (Å²) in [5, 5.41) is 9.05. The largest absolute Gasteiger partial charge is 0.459 e. The van der Waals surface area contributed by atoms with Crippen molar-refractivity contribution in [3.63, 3.8) is 0 Å². The summed E-state index contributed by atoms with van der Waals surface area (Å²) in [5.74, 6) is -0.446. The number of hydrogen-bond acceptors (Lipinski definition) is 7. The molecule has 0 aliphatic carbocycles. The number of alkyl halides is 6. The zero-order chi connectivity index (χ0) is 28.1. The number of carbonyl (C=O) groups is 1. The van der Waals surface area contributed by atoms with Gasteiger partial charge in [-0.05, 0) is 53.2 Å². The van der Waals surface area contributed by atoms with E-state index in [0.29, 0.717) is 35.6 Å². The number of hydrazone groups is 1. The molecule has 0 spiro atoms. The van der Waals surface area contributed by atoms with E-state index in [1.54, 1.807) is 27.7 Å². The Labute approximate surface area is 209 Å². The number of aryl methyl sites for hydroxylation is 2. The molecule has 0 amide bonds. The van der Waals surface area contributed by atoms with Crippen molar-refractivity contribution in [3.05, 3.63) is 64.6 Å². The van der Waals surface area contributed by atoms with Gasteiger partial charge in [-0.2, -0.15) is 31.4 Å². The fourth-order valence-corrected chi connectivity index (χ4v) is 3.07. The molecule has 37 heavy (non-hydrogen) atoms. The highest BCUT2D eigenvalue weighted by atomic mass is 19.4. The van der Waals surface area contributed by atoms with Crippen LogP contribution < -0.4 is 0 Å². The minimum Gasteiger partial charge on any atom is -0.459 e. The number of esters is 1. The van der Waals surface area contributed by atoms with Gasteiger partial charge in [0.1, 0.15) is 17.1 Å². The maximum absolute atomic E-state index is 13.2. The summed E-state index contributed by atoms with van der Waals surface area (Å²) in [5.41, 5.74) is -3.43. The van der Waals surface area contributed by atoms with Crippen LogP contribution in [0.4, 0.5) is 26.3 Å². The summed E-state index contributed by atoms with van der Waals surface area (Å²) in [6.07, 6.45) is -6.04. The number of carbonyl (C=O) groups excluding carboxylic acids is 1. The van der Waals surface area contributed by atoms with Gasteiger partial charge in [-0.1, -0.05) is 18.2 Å². The van der Waals surface area contributed by atoms with E-state index in [0.717, 1.165) is 5.01 Å². The van der Waals surface area contributed by atoms with Gasteiger partial charge >= 0.3 is 18.3 Å². The summed E-state index contributed by atoms with van der Waals surface area (Å²) >= 11 is 0. The molecule has 0 saturated carbocycles. The van der Waals surface area contributed by atoms with E-state index >= 15 is 0 Å². The standard InChI is InChI=1S/C24H26F6N4O3/c1-7-9-34(12-18(22(35)36-13(3)8-2)21-15(5)33-37-16(21)6)32-14(4)17-10-19(23(25,26)27)31-20(11-17)24(28,29)30/h7,9-13H,8H2,1-6H3/b9-7+,18-12+,32-14+. The molecule has 0 radical (unpaired) electrons. The molecule has 0 aromatic carbocycles. The van der Waals surface area contributed by atoms with Crippen molar-refractivity contribution >= 4 is 17.3 Å². The summed E-state index contributed by atoms with van der Waals surface area (Å²) in [7, 11) is 0. The van der Waals surface area contributed by atoms with Crippen LogP contribution in [0.2, 0.25) is 0 Å². The maximum Gasteiger partial charge on any atom is 0.433 e. The smallest absolute Gasteiger partial charge is 0.433 e. The number of hydrogen-bond donors (Lipinski definition) is 0. The van der Waals surface area contributed by atoms with Crippen LogP contribution in [0.3, 0.4) is 0 Å². The van der Waals surface area contributed by atoms with Crippen LogP contribution in [-0.4, -0.2) is 32.9 Å². The lowest BCUT2D eigenvalue weighted by Crippen LogP contribution is -2.18. The van der Waals surface area contributed by atoms with Gasteiger partial charge in [0.2, 0.25) is 0 Å². The maximum atomic E-state index is 13.2. The first kappa shape index (κ1) is 29.6. The molecule has 1 unspecified atom stereocenters. The SMILES string of the molecule is C/C=C/N(/C=C(/C(=O)OC(C)CC)c1c(C)noc1C)/N=C(\C)c1cc(C(F)(F)F)nc(C(F)(F)F)c1. The molecule has 2 aromatic heterocycles. The molecule has 0 fully saturated rings. The van der Waals surface area contributed by atoms with Gasteiger partial charge in [-0.15, -0.1) is 0 Å². The Bertz CT molecular complexity index is 1160. The van der Waals surface area contributed by atoms with Crippen molar-refractivity contribution in [2.45, 2.75) is 66.4 Å². The van der Waals surface area contributed by atoms with Gasteiger partial charge in [0.25, 0.3) is 0 Å². The molecule has 0 aliphatic heterocycles.